The molecule has 0 aromatic carbocycles. The third-order valence-electron chi connectivity index (χ3n) is 6.29. The van der Waals surface area contributed by atoms with E-state index >= 15 is 0 Å². The fourth-order valence-corrected chi connectivity index (χ4v) is 4.48. The zero-order chi connectivity index (χ0) is 21.6. The van der Waals surface area contributed by atoms with Crippen molar-refractivity contribution in [3.05, 3.63) is 48.0 Å². The van der Waals surface area contributed by atoms with E-state index in [4.69, 9.17) is 0 Å². The fraction of sp³-hybridized carbons (Fsp3) is 0.565. The first-order valence-electron chi connectivity index (χ1n) is 11.3. The molecule has 4 rings (SSSR count). The molecule has 2 aliphatic rings. The van der Waals surface area contributed by atoms with Gasteiger partial charge in [-0.1, -0.05) is 6.07 Å². The number of aryl methyl sites for hydroxylation is 1. The van der Waals surface area contributed by atoms with E-state index in [2.05, 4.69) is 15.0 Å². The molecule has 0 aliphatic carbocycles. The maximum absolute atomic E-state index is 12.9. The summed E-state index contributed by atoms with van der Waals surface area (Å²) in [4.78, 5) is 36.3. The van der Waals surface area contributed by atoms with Crippen LogP contribution in [0.4, 0.5) is 0 Å². The SMILES string of the molecule is CCn1ccc(C(=O)N2CCC[C@@H](CC(=O)N3CCN(Cc4ccccn4)CC3)C2)n1. The summed E-state index contributed by atoms with van der Waals surface area (Å²) >= 11 is 0. The minimum absolute atomic E-state index is 0.0208. The van der Waals surface area contributed by atoms with E-state index in [1.165, 1.54) is 0 Å². The van der Waals surface area contributed by atoms with E-state index in [9.17, 15) is 9.59 Å². The second-order valence-corrected chi connectivity index (χ2v) is 8.50. The van der Waals surface area contributed by atoms with Crippen molar-refractivity contribution in [3.63, 3.8) is 0 Å². The first-order valence-corrected chi connectivity index (χ1v) is 11.3. The molecule has 2 saturated heterocycles. The molecule has 1 atom stereocenters. The molecule has 8 nitrogen and oxygen atoms in total. The van der Waals surface area contributed by atoms with Gasteiger partial charge in [0, 0.05) is 71.2 Å². The van der Waals surface area contributed by atoms with Crippen LogP contribution >= 0.6 is 0 Å². The summed E-state index contributed by atoms with van der Waals surface area (Å²) in [5.41, 5.74) is 1.57. The van der Waals surface area contributed by atoms with Crippen LogP contribution in [0, 0.1) is 5.92 Å². The van der Waals surface area contributed by atoms with Crippen LogP contribution in [0.25, 0.3) is 0 Å². The molecule has 0 radical (unpaired) electrons. The number of aromatic nitrogens is 3. The molecule has 0 bridgehead atoms. The van der Waals surface area contributed by atoms with Crippen LogP contribution in [0.15, 0.2) is 36.7 Å². The number of piperazine rings is 1. The van der Waals surface area contributed by atoms with Gasteiger partial charge in [-0.05, 0) is 43.9 Å². The van der Waals surface area contributed by atoms with Crippen molar-refractivity contribution in [1.82, 2.24) is 29.5 Å². The summed E-state index contributed by atoms with van der Waals surface area (Å²) in [6.07, 6.45) is 6.12. The zero-order valence-electron chi connectivity index (χ0n) is 18.3. The molecule has 4 heterocycles. The Morgan fingerprint density at radius 3 is 2.61 bits per heavy atom. The van der Waals surface area contributed by atoms with Crippen molar-refractivity contribution in [2.45, 2.75) is 39.3 Å². The molecule has 2 amide bonds. The number of piperidine rings is 1. The smallest absolute Gasteiger partial charge is 0.274 e. The number of rotatable bonds is 6. The van der Waals surface area contributed by atoms with Gasteiger partial charge >= 0.3 is 0 Å². The maximum Gasteiger partial charge on any atom is 0.274 e. The van der Waals surface area contributed by atoms with Gasteiger partial charge in [0.15, 0.2) is 0 Å². The van der Waals surface area contributed by atoms with Gasteiger partial charge in [0.2, 0.25) is 5.91 Å². The lowest BCUT2D eigenvalue weighted by atomic mass is 9.94. The lowest BCUT2D eigenvalue weighted by Gasteiger charge is -2.37. The molecular formula is C23H32N6O2. The van der Waals surface area contributed by atoms with E-state index in [1.807, 2.05) is 47.3 Å². The fourth-order valence-electron chi connectivity index (χ4n) is 4.48. The molecule has 2 aromatic heterocycles. The van der Waals surface area contributed by atoms with E-state index in [0.29, 0.717) is 18.7 Å². The predicted octanol–water partition coefficient (Wildman–Crippen LogP) is 1.88. The third kappa shape index (κ3) is 5.50. The van der Waals surface area contributed by atoms with Gasteiger partial charge < -0.3 is 9.80 Å². The van der Waals surface area contributed by atoms with Gasteiger partial charge in [-0.25, -0.2) is 0 Å². The number of hydrogen-bond donors (Lipinski definition) is 0. The molecular weight excluding hydrogens is 392 g/mol. The highest BCUT2D eigenvalue weighted by Gasteiger charge is 2.29. The van der Waals surface area contributed by atoms with Crippen LogP contribution in [-0.4, -0.2) is 80.5 Å². The number of pyridine rings is 1. The van der Waals surface area contributed by atoms with Crippen molar-refractivity contribution in [3.8, 4) is 0 Å². The number of nitrogens with zero attached hydrogens (tertiary/aromatic N) is 6. The van der Waals surface area contributed by atoms with Crippen molar-refractivity contribution >= 4 is 11.8 Å². The van der Waals surface area contributed by atoms with Gasteiger partial charge in [0.25, 0.3) is 5.91 Å². The predicted molar refractivity (Wildman–Crippen MR) is 117 cm³/mol. The molecule has 0 unspecified atom stereocenters. The summed E-state index contributed by atoms with van der Waals surface area (Å²) in [6, 6.07) is 7.76. The van der Waals surface area contributed by atoms with Gasteiger partial charge in [-0.2, -0.15) is 5.10 Å². The van der Waals surface area contributed by atoms with Crippen molar-refractivity contribution in [2.24, 2.45) is 5.92 Å². The monoisotopic (exact) mass is 424 g/mol. The molecule has 0 spiro atoms. The normalized spacial score (nSPS) is 20.1. The van der Waals surface area contributed by atoms with Gasteiger partial charge in [-0.3, -0.25) is 24.2 Å². The lowest BCUT2D eigenvalue weighted by Crippen LogP contribution is -2.49. The standard InChI is InChI=1S/C23H32N6O2/c1-2-29-11-8-21(25-29)23(31)28-10-5-6-19(17-28)16-22(30)27-14-12-26(13-15-27)18-20-7-3-4-9-24-20/h3-4,7-9,11,19H,2,5-6,10,12-18H2,1H3/t19-/m0/s1. The topological polar surface area (TPSA) is 74.6 Å². The zero-order valence-corrected chi connectivity index (χ0v) is 18.3. The van der Waals surface area contributed by atoms with Crippen molar-refractivity contribution < 1.29 is 9.59 Å². The minimum Gasteiger partial charge on any atom is -0.340 e. The summed E-state index contributed by atoms with van der Waals surface area (Å²) in [6.45, 7) is 8.23. The highest BCUT2D eigenvalue weighted by molar-refractivity contribution is 5.92. The van der Waals surface area contributed by atoms with E-state index in [1.54, 1.807) is 10.7 Å². The van der Waals surface area contributed by atoms with E-state index in [-0.39, 0.29) is 17.7 Å². The number of likely N-dealkylation sites (tertiary alicyclic amines) is 1. The third-order valence-corrected chi connectivity index (χ3v) is 6.29. The van der Waals surface area contributed by atoms with E-state index < -0.39 is 0 Å². The Morgan fingerprint density at radius 1 is 1.06 bits per heavy atom. The van der Waals surface area contributed by atoms with Crippen LogP contribution in [0.5, 0.6) is 0 Å². The van der Waals surface area contributed by atoms with Crippen LogP contribution in [0.3, 0.4) is 0 Å². The number of carbonyl (C=O) groups is 2. The first kappa shape index (κ1) is 21.5. The summed E-state index contributed by atoms with van der Waals surface area (Å²) in [5.74, 6) is 0.421. The molecule has 0 saturated carbocycles. The van der Waals surface area contributed by atoms with Crippen molar-refractivity contribution in [2.75, 3.05) is 39.3 Å². The average molecular weight is 425 g/mol. The molecule has 2 aliphatic heterocycles. The van der Waals surface area contributed by atoms with Crippen LogP contribution < -0.4 is 0 Å². The Bertz CT molecular complexity index is 875. The van der Waals surface area contributed by atoms with Crippen molar-refractivity contribution in [1.29, 1.82) is 0 Å². The molecule has 31 heavy (non-hydrogen) atoms. The second-order valence-electron chi connectivity index (χ2n) is 8.50. The summed E-state index contributed by atoms with van der Waals surface area (Å²) in [7, 11) is 0. The number of hydrogen-bond acceptors (Lipinski definition) is 5. The average Bonchev–Trinajstić information content (AvgIpc) is 3.29. The minimum atomic E-state index is -0.0208. The quantitative estimate of drug-likeness (QED) is 0.708. The molecule has 8 heteroatoms. The lowest BCUT2D eigenvalue weighted by molar-refractivity contribution is -0.134. The summed E-state index contributed by atoms with van der Waals surface area (Å²) < 4.78 is 1.77. The Hall–Kier alpha value is -2.74. The number of carbonyl (C=O) groups excluding carboxylic acids is 2. The molecule has 2 fully saturated rings. The van der Waals surface area contributed by atoms with Gasteiger partial charge in [-0.15, -0.1) is 0 Å². The van der Waals surface area contributed by atoms with Gasteiger partial charge in [0.05, 0.1) is 5.69 Å². The second kappa shape index (κ2) is 10.0. The molecule has 2 aromatic rings. The Balaban J connectivity index is 1.24. The van der Waals surface area contributed by atoms with Gasteiger partial charge in [0.1, 0.15) is 5.69 Å². The van der Waals surface area contributed by atoms with E-state index in [0.717, 1.165) is 64.3 Å². The Morgan fingerprint density at radius 2 is 1.90 bits per heavy atom. The van der Waals surface area contributed by atoms with Crippen LogP contribution in [0.2, 0.25) is 0 Å². The number of amides is 2. The largest absolute Gasteiger partial charge is 0.340 e. The molecule has 166 valence electrons. The van der Waals surface area contributed by atoms with Crippen LogP contribution in [0.1, 0.15) is 42.4 Å². The highest BCUT2D eigenvalue weighted by atomic mass is 16.2. The highest BCUT2D eigenvalue weighted by Crippen LogP contribution is 2.22. The summed E-state index contributed by atoms with van der Waals surface area (Å²) in [5, 5.41) is 4.34. The maximum atomic E-state index is 12.9. The molecule has 0 N–H and O–H groups in total. The van der Waals surface area contributed by atoms with Crippen LogP contribution in [-0.2, 0) is 17.9 Å². The Kier molecular flexibility index (Phi) is 6.96. The first-order chi connectivity index (χ1) is 15.1. The Labute approximate surface area is 183 Å².